The van der Waals surface area contributed by atoms with E-state index < -0.39 is 0 Å². The molecule has 1 saturated heterocycles. The van der Waals surface area contributed by atoms with E-state index in [9.17, 15) is 4.79 Å². The van der Waals surface area contributed by atoms with Gasteiger partial charge in [-0.05, 0) is 73.7 Å². The maximum Gasteiger partial charge on any atom is 0.250 e. The Balaban J connectivity index is 1.49. The minimum atomic E-state index is -0.131. The fourth-order valence-corrected chi connectivity index (χ4v) is 3.86. The third-order valence-corrected chi connectivity index (χ3v) is 5.82. The lowest BCUT2D eigenvalue weighted by molar-refractivity contribution is -0.118. The molecule has 142 valence electrons. The normalized spacial score (nSPS) is 14.5. The van der Waals surface area contributed by atoms with Crippen LogP contribution in [-0.4, -0.2) is 31.0 Å². The van der Waals surface area contributed by atoms with Gasteiger partial charge in [-0.1, -0.05) is 17.7 Å². The Hall–Kier alpha value is -1.98. The minimum absolute atomic E-state index is 0.131. The standard InChI is InChI=1S/C21H24ClN3OS/c1-16-13-19(25-11-3-2-4-12-25)8-5-17(16)14-23-24-21(26)15-27-20-9-6-18(22)7-10-20/h5-10,13-14H,2-4,11-12,15H2,1H3,(H,24,26)/b23-14-. The van der Waals surface area contributed by atoms with Gasteiger partial charge in [0.15, 0.2) is 0 Å². The Morgan fingerprint density at radius 1 is 1.19 bits per heavy atom. The van der Waals surface area contributed by atoms with Crippen molar-refractivity contribution in [1.82, 2.24) is 5.43 Å². The first-order chi connectivity index (χ1) is 13.1. The number of thioether (sulfide) groups is 1. The average molecular weight is 402 g/mol. The van der Waals surface area contributed by atoms with Gasteiger partial charge in [-0.3, -0.25) is 4.79 Å². The number of piperidine rings is 1. The minimum Gasteiger partial charge on any atom is -0.372 e. The molecule has 1 heterocycles. The van der Waals surface area contributed by atoms with E-state index in [4.69, 9.17) is 11.6 Å². The van der Waals surface area contributed by atoms with E-state index in [0.29, 0.717) is 10.8 Å². The number of rotatable bonds is 6. The van der Waals surface area contributed by atoms with Crippen molar-refractivity contribution in [2.75, 3.05) is 23.7 Å². The molecule has 1 aliphatic heterocycles. The summed E-state index contributed by atoms with van der Waals surface area (Å²) >= 11 is 7.31. The summed E-state index contributed by atoms with van der Waals surface area (Å²) in [6.07, 6.45) is 5.57. The molecule has 0 unspecified atom stereocenters. The average Bonchev–Trinajstić information content (AvgIpc) is 2.69. The van der Waals surface area contributed by atoms with Gasteiger partial charge in [0.1, 0.15) is 0 Å². The molecule has 0 aromatic heterocycles. The zero-order chi connectivity index (χ0) is 19.1. The van der Waals surface area contributed by atoms with E-state index in [1.54, 1.807) is 6.21 Å². The van der Waals surface area contributed by atoms with Gasteiger partial charge in [0, 0.05) is 28.7 Å². The van der Waals surface area contributed by atoms with E-state index in [-0.39, 0.29) is 5.91 Å². The van der Waals surface area contributed by atoms with E-state index in [0.717, 1.165) is 29.1 Å². The smallest absolute Gasteiger partial charge is 0.250 e. The largest absolute Gasteiger partial charge is 0.372 e. The lowest BCUT2D eigenvalue weighted by atomic mass is 10.1. The molecule has 1 aliphatic rings. The molecule has 2 aromatic rings. The van der Waals surface area contributed by atoms with Crippen molar-refractivity contribution in [3.8, 4) is 0 Å². The summed E-state index contributed by atoms with van der Waals surface area (Å²) in [4.78, 5) is 15.4. The van der Waals surface area contributed by atoms with E-state index >= 15 is 0 Å². The first-order valence-electron chi connectivity index (χ1n) is 9.18. The Morgan fingerprint density at radius 3 is 2.63 bits per heavy atom. The summed E-state index contributed by atoms with van der Waals surface area (Å²) in [5.41, 5.74) is 6.04. The second kappa shape index (κ2) is 9.81. The molecule has 0 saturated carbocycles. The Labute approximate surface area is 170 Å². The number of halogens is 1. The highest BCUT2D eigenvalue weighted by Crippen LogP contribution is 2.22. The van der Waals surface area contributed by atoms with Crippen LogP contribution in [0.3, 0.4) is 0 Å². The van der Waals surface area contributed by atoms with Crippen LogP contribution in [0.1, 0.15) is 30.4 Å². The van der Waals surface area contributed by atoms with Crippen LogP contribution < -0.4 is 10.3 Å². The van der Waals surface area contributed by atoms with Gasteiger partial charge < -0.3 is 4.90 Å². The second-order valence-corrected chi connectivity index (χ2v) is 8.11. The third kappa shape index (κ3) is 6.01. The molecule has 3 rings (SSSR count). The SMILES string of the molecule is Cc1cc(N2CCCCC2)ccc1/C=N\NC(=O)CSc1ccc(Cl)cc1. The Kier molecular flexibility index (Phi) is 7.18. The van der Waals surface area contributed by atoms with Crippen molar-refractivity contribution in [2.24, 2.45) is 5.10 Å². The molecule has 0 radical (unpaired) electrons. The van der Waals surface area contributed by atoms with Crippen molar-refractivity contribution >= 4 is 41.2 Å². The van der Waals surface area contributed by atoms with Crippen LogP contribution in [0.4, 0.5) is 5.69 Å². The maximum absolute atomic E-state index is 11.9. The van der Waals surface area contributed by atoms with Crippen LogP contribution in [0, 0.1) is 6.92 Å². The first-order valence-corrected chi connectivity index (χ1v) is 10.5. The van der Waals surface area contributed by atoms with Gasteiger partial charge >= 0.3 is 0 Å². The summed E-state index contributed by atoms with van der Waals surface area (Å²) < 4.78 is 0. The maximum atomic E-state index is 11.9. The molecule has 0 bridgehead atoms. The summed E-state index contributed by atoms with van der Waals surface area (Å²) in [5, 5.41) is 4.79. The number of carbonyl (C=O) groups excluding carboxylic acids is 1. The van der Waals surface area contributed by atoms with Crippen LogP contribution in [0.2, 0.25) is 5.02 Å². The van der Waals surface area contributed by atoms with Gasteiger partial charge in [-0.15, -0.1) is 11.8 Å². The molecule has 1 amide bonds. The van der Waals surface area contributed by atoms with Crippen molar-refractivity contribution in [3.05, 3.63) is 58.6 Å². The second-order valence-electron chi connectivity index (χ2n) is 6.62. The fourth-order valence-electron chi connectivity index (χ4n) is 3.04. The summed E-state index contributed by atoms with van der Waals surface area (Å²) in [6, 6.07) is 13.8. The highest BCUT2D eigenvalue weighted by atomic mass is 35.5. The predicted molar refractivity (Wildman–Crippen MR) is 115 cm³/mol. The number of hydrogen-bond donors (Lipinski definition) is 1. The number of hydrogen-bond acceptors (Lipinski definition) is 4. The molecular weight excluding hydrogens is 378 g/mol. The quantitative estimate of drug-likeness (QED) is 0.426. The topological polar surface area (TPSA) is 44.7 Å². The summed E-state index contributed by atoms with van der Waals surface area (Å²) in [6.45, 7) is 4.34. The zero-order valence-corrected chi connectivity index (χ0v) is 17.0. The number of hydrazone groups is 1. The molecule has 6 heteroatoms. The van der Waals surface area contributed by atoms with E-state index in [1.807, 2.05) is 24.3 Å². The third-order valence-electron chi connectivity index (χ3n) is 4.55. The molecule has 1 fully saturated rings. The highest BCUT2D eigenvalue weighted by molar-refractivity contribution is 8.00. The summed E-state index contributed by atoms with van der Waals surface area (Å²) in [5.74, 6) is 0.181. The number of nitrogens with one attached hydrogen (secondary N) is 1. The number of benzene rings is 2. The first kappa shape index (κ1) is 19.8. The van der Waals surface area contributed by atoms with Crippen LogP contribution in [-0.2, 0) is 4.79 Å². The molecule has 2 aromatic carbocycles. The number of amides is 1. The lowest BCUT2D eigenvalue weighted by Crippen LogP contribution is -2.29. The Morgan fingerprint density at radius 2 is 1.93 bits per heavy atom. The van der Waals surface area contributed by atoms with Crippen LogP contribution in [0.5, 0.6) is 0 Å². The van der Waals surface area contributed by atoms with Gasteiger partial charge in [-0.2, -0.15) is 5.10 Å². The molecule has 4 nitrogen and oxygen atoms in total. The van der Waals surface area contributed by atoms with Gasteiger partial charge in [0.25, 0.3) is 0 Å². The van der Waals surface area contributed by atoms with E-state index in [1.165, 1.54) is 36.7 Å². The lowest BCUT2D eigenvalue weighted by Gasteiger charge is -2.29. The number of anilines is 1. The van der Waals surface area contributed by atoms with Gasteiger partial charge in [-0.25, -0.2) is 5.43 Å². The van der Waals surface area contributed by atoms with Gasteiger partial charge in [0.2, 0.25) is 5.91 Å². The highest BCUT2D eigenvalue weighted by Gasteiger charge is 2.11. The van der Waals surface area contributed by atoms with Crippen molar-refractivity contribution < 1.29 is 4.79 Å². The number of carbonyl (C=O) groups is 1. The Bertz CT molecular complexity index is 802. The van der Waals surface area contributed by atoms with Crippen LogP contribution in [0.15, 0.2) is 52.5 Å². The molecule has 1 N–H and O–H groups in total. The van der Waals surface area contributed by atoms with Crippen LogP contribution >= 0.6 is 23.4 Å². The van der Waals surface area contributed by atoms with E-state index in [2.05, 4.69) is 40.5 Å². The molecule has 0 spiro atoms. The van der Waals surface area contributed by atoms with Gasteiger partial charge in [0.05, 0.1) is 12.0 Å². The molecule has 27 heavy (non-hydrogen) atoms. The monoisotopic (exact) mass is 401 g/mol. The number of aryl methyl sites for hydroxylation is 1. The summed E-state index contributed by atoms with van der Waals surface area (Å²) in [7, 11) is 0. The zero-order valence-electron chi connectivity index (χ0n) is 15.5. The molecular formula is C21H24ClN3OS. The van der Waals surface area contributed by atoms with Crippen molar-refractivity contribution in [1.29, 1.82) is 0 Å². The molecule has 0 atom stereocenters. The van der Waals surface area contributed by atoms with Crippen molar-refractivity contribution in [2.45, 2.75) is 31.1 Å². The van der Waals surface area contributed by atoms with Crippen LogP contribution in [0.25, 0.3) is 0 Å². The molecule has 0 aliphatic carbocycles. The fraction of sp³-hybridized carbons (Fsp3) is 0.333. The van der Waals surface area contributed by atoms with Crippen molar-refractivity contribution in [3.63, 3.8) is 0 Å². The number of nitrogens with zero attached hydrogens (tertiary/aromatic N) is 2. The predicted octanol–water partition coefficient (Wildman–Crippen LogP) is 4.88.